The van der Waals surface area contributed by atoms with Crippen molar-refractivity contribution in [2.24, 2.45) is 5.92 Å². The van der Waals surface area contributed by atoms with Gasteiger partial charge in [-0.15, -0.1) is 10.2 Å². The quantitative estimate of drug-likeness (QED) is 0.322. The number of carbonyl (C=O) groups excluding carboxylic acids is 2. The number of aromatic nitrogens is 2. The van der Waals surface area contributed by atoms with Crippen LogP contribution in [0.3, 0.4) is 0 Å². The Morgan fingerprint density at radius 1 is 1.00 bits per heavy atom. The summed E-state index contributed by atoms with van der Waals surface area (Å²) in [6.07, 6.45) is 2.92. The Labute approximate surface area is 240 Å². The van der Waals surface area contributed by atoms with Gasteiger partial charge in [0.15, 0.2) is 0 Å². The number of hydrogen-bond donors (Lipinski definition) is 2. The molecule has 1 unspecified atom stereocenters. The van der Waals surface area contributed by atoms with Crippen molar-refractivity contribution in [1.29, 1.82) is 0 Å². The fourth-order valence-corrected chi connectivity index (χ4v) is 5.74. The Kier molecular flexibility index (Phi) is 7.07. The van der Waals surface area contributed by atoms with Crippen molar-refractivity contribution >= 4 is 11.9 Å². The third-order valence-electron chi connectivity index (χ3n) is 7.87. The lowest BCUT2D eigenvalue weighted by Crippen LogP contribution is -2.50. The van der Waals surface area contributed by atoms with E-state index in [2.05, 4.69) is 57.2 Å². The lowest BCUT2D eigenvalue weighted by Gasteiger charge is -2.34. The van der Waals surface area contributed by atoms with E-state index in [1.54, 1.807) is 0 Å². The summed E-state index contributed by atoms with van der Waals surface area (Å²) < 4.78 is 5.42. The van der Waals surface area contributed by atoms with Gasteiger partial charge in [0, 0.05) is 36.7 Å². The molecule has 8 nitrogen and oxygen atoms in total. The first-order valence-electron chi connectivity index (χ1n) is 14.2. The molecule has 4 aromatic rings. The molecule has 2 atom stereocenters. The molecule has 0 radical (unpaired) electrons. The topological polar surface area (TPSA) is 100 Å². The van der Waals surface area contributed by atoms with E-state index in [1.165, 1.54) is 17.5 Å². The molecule has 0 saturated heterocycles. The van der Waals surface area contributed by atoms with Gasteiger partial charge >= 0.3 is 6.03 Å². The highest BCUT2D eigenvalue weighted by Crippen LogP contribution is 2.47. The van der Waals surface area contributed by atoms with Crippen LogP contribution in [0.5, 0.6) is 0 Å². The maximum Gasteiger partial charge on any atom is 0.318 e. The summed E-state index contributed by atoms with van der Waals surface area (Å²) in [5.41, 5.74) is 7.23. The second-order valence-electron chi connectivity index (χ2n) is 12.0. The minimum absolute atomic E-state index is 0.00833. The molecule has 3 aromatic carbocycles. The summed E-state index contributed by atoms with van der Waals surface area (Å²) >= 11 is 0. The van der Waals surface area contributed by atoms with Crippen LogP contribution in [0, 0.1) is 5.92 Å². The van der Waals surface area contributed by atoms with E-state index in [0.717, 1.165) is 34.2 Å². The highest BCUT2D eigenvalue weighted by atomic mass is 16.4. The summed E-state index contributed by atoms with van der Waals surface area (Å²) in [6, 6.07) is 22.4. The van der Waals surface area contributed by atoms with Crippen molar-refractivity contribution in [3.8, 4) is 22.6 Å². The van der Waals surface area contributed by atoms with E-state index < -0.39 is 0 Å². The Balaban J connectivity index is 1.27. The van der Waals surface area contributed by atoms with Crippen LogP contribution in [0.1, 0.15) is 55.4 Å². The van der Waals surface area contributed by atoms with Gasteiger partial charge in [-0.1, -0.05) is 54.6 Å². The van der Waals surface area contributed by atoms with Crippen LogP contribution in [0.2, 0.25) is 0 Å². The van der Waals surface area contributed by atoms with Crippen molar-refractivity contribution in [3.05, 3.63) is 95.4 Å². The van der Waals surface area contributed by atoms with E-state index in [1.807, 2.05) is 56.0 Å². The number of nitrogens with zero attached hydrogens (tertiary/aromatic N) is 3. The van der Waals surface area contributed by atoms with Gasteiger partial charge in [-0.05, 0) is 85.0 Å². The fourth-order valence-electron chi connectivity index (χ4n) is 5.74. The Morgan fingerprint density at radius 3 is 2.56 bits per heavy atom. The predicted octanol–water partition coefficient (Wildman–Crippen LogP) is 5.69. The normalized spacial score (nSPS) is 18.0. The van der Waals surface area contributed by atoms with Crippen molar-refractivity contribution in [2.45, 2.75) is 58.2 Å². The molecule has 1 aliphatic heterocycles. The highest BCUT2D eigenvalue weighted by molar-refractivity contribution is 5.83. The Morgan fingerprint density at radius 2 is 1.80 bits per heavy atom. The zero-order valence-corrected chi connectivity index (χ0v) is 23.7. The summed E-state index contributed by atoms with van der Waals surface area (Å²) in [4.78, 5) is 28.1. The van der Waals surface area contributed by atoms with Gasteiger partial charge in [-0.3, -0.25) is 4.79 Å². The molecule has 1 saturated carbocycles. The zero-order chi connectivity index (χ0) is 28.6. The maximum absolute atomic E-state index is 13.1. The van der Waals surface area contributed by atoms with E-state index in [9.17, 15) is 9.59 Å². The molecule has 2 N–H and O–H groups in total. The molecule has 0 bridgehead atoms. The number of nitrogens with one attached hydrogen (secondary N) is 2. The van der Waals surface area contributed by atoms with Crippen molar-refractivity contribution in [1.82, 2.24) is 25.7 Å². The van der Waals surface area contributed by atoms with Crippen LogP contribution in [0.15, 0.2) is 77.5 Å². The maximum atomic E-state index is 13.1. The van der Waals surface area contributed by atoms with E-state index >= 15 is 0 Å². The average Bonchev–Trinajstić information content (AvgIpc) is 3.59. The molecule has 2 heterocycles. The van der Waals surface area contributed by atoms with Crippen LogP contribution < -0.4 is 10.6 Å². The predicted molar refractivity (Wildman–Crippen MR) is 157 cm³/mol. The molecular formula is C33H35N5O3. The number of rotatable bonds is 6. The summed E-state index contributed by atoms with van der Waals surface area (Å²) in [7, 11) is 0. The number of hydrogen-bond acceptors (Lipinski definition) is 5. The van der Waals surface area contributed by atoms with Crippen LogP contribution in [-0.4, -0.2) is 39.1 Å². The van der Waals surface area contributed by atoms with Crippen LogP contribution in [-0.2, 0) is 24.3 Å². The number of benzene rings is 3. The molecular weight excluding hydrogens is 514 g/mol. The largest absolute Gasteiger partial charge is 0.423 e. The zero-order valence-electron chi connectivity index (χ0n) is 23.7. The Hall–Kier alpha value is -4.46. The van der Waals surface area contributed by atoms with Gasteiger partial charge in [-0.25, -0.2) is 4.79 Å². The molecule has 2 aliphatic rings. The smallest absolute Gasteiger partial charge is 0.318 e. The number of carbonyl (C=O) groups is 2. The monoisotopic (exact) mass is 549 g/mol. The number of fused-ring (bicyclic) bond motifs is 1. The molecule has 6 rings (SSSR count). The van der Waals surface area contributed by atoms with Gasteiger partial charge in [-0.2, -0.15) is 0 Å². The minimum atomic E-state index is -0.329. The van der Waals surface area contributed by atoms with Crippen molar-refractivity contribution in [3.63, 3.8) is 0 Å². The van der Waals surface area contributed by atoms with E-state index in [4.69, 9.17) is 4.42 Å². The summed E-state index contributed by atoms with van der Waals surface area (Å²) in [6.45, 7) is 7.48. The van der Waals surface area contributed by atoms with Crippen LogP contribution in [0.4, 0.5) is 4.79 Å². The van der Waals surface area contributed by atoms with Crippen molar-refractivity contribution in [2.75, 3.05) is 6.54 Å². The van der Waals surface area contributed by atoms with Crippen molar-refractivity contribution < 1.29 is 14.0 Å². The number of amides is 3. The van der Waals surface area contributed by atoms with Gasteiger partial charge in [0.2, 0.25) is 18.2 Å². The third-order valence-corrected chi connectivity index (χ3v) is 7.87. The fraction of sp³-hybridized carbons (Fsp3) is 0.333. The summed E-state index contributed by atoms with van der Waals surface area (Å²) in [5.74, 6) is 0.852. The van der Waals surface area contributed by atoms with Gasteiger partial charge in [0.1, 0.15) is 0 Å². The van der Waals surface area contributed by atoms with E-state index in [0.29, 0.717) is 31.9 Å². The lowest BCUT2D eigenvalue weighted by molar-refractivity contribution is -0.122. The molecule has 0 spiro atoms. The lowest BCUT2D eigenvalue weighted by atomic mass is 9.87. The molecule has 210 valence electrons. The molecule has 1 aliphatic carbocycles. The van der Waals surface area contributed by atoms with Crippen LogP contribution in [0.25, 0.3) is 22.6 Å². The standard InChI is InChI=1S/C33H35N5O3/c1-33(2,3)36-32(40)38-15-14-26-25(22-10-7-11-23(16-22)31-37-35-20-41-31)13-12-24(29(26)19-38)18-34-30(39)28-17-27(28)21-8-5-4-6-9-21/h4-13,16,20,27-28H,14-15,17-19H2,1-3H3,(H,34,39)(H,36,40)/t27-,28?/m0/s1. The molecule has 41 heavy (non-hydrogen) atoms. The highest BCUT2D eigenvalue weighted by Gasteiger charge is 2.43. The molecule has 8 heteroatoms. The molecule has 1 fully saturated rings. The first-order chi connectivity index (χ1) is 19.8. The van der Waals surface area contributed by atoms with Gasteiger partial charge < -0.3 is 20.0 Å². The summed E-state index contributed by atoms with van der Waals surface area (Å²) in [5, 5.41) is 14.2. The Bertz CT molecular complexity index is 1560. The second-order valence-corrected chi connectivity index (χ2v) is 12.0. The first kappa shape index (κ1) is 26.7. The third kappa shape index (κ3) is 5.87. The minimum Gasteiger partial charge on any atom is -0.423 e. The van der Waals surface area contributed by atoms with Gasteiger partial charge in [0.05, 0.1) is 0 Å². The molecule has 3 amide bonds. The first-order valence-corrected chi connectivity index (χ1v) is 14.2. The number of urea groups is 1. The average molecular weight is 550 g/mol. The van der Waals surface area contributed by atoms with Crippen LogP contribution >= 0.6 is 0 Å². The molecule has 1 aromatic heterocycles. The van der Waals surface area contributed by atoms with E-state index in [-0.39, 0.29) is 29.3 Å². The van der Waals surface area contributed by atoms with Gasteiger partial charge in [0.25, 0.3) is 0 Å². The SMILES string of the molecule is CC(C)(C)NC(=O)N1CCc2c(-c3cccc(-c4nnco4)c3)ccc(CNC(=O)C3C[C@H]3c3ccccc3)c2C1. The second kappa shape index (κ2) is 10.8.